The predicted molar refractivity (Wildman–Crippen MR) is 107 cm³/mol. The van der Waals surface area contributed by atoms with Crippen LogP contribution in [0.15, 0.2) is 22.5 Å². The second-order valence-corrected chi connectivity index (χ2v) is 9.49. The molecule has 1 saturated heterocycles. The molecule has 148 valence electrons. The largest absolute Gasteiger partial charge is 0.378 e. The van der Waals surface area contributed by atoms with Gasteiger partial charge in [-0.3, -0.25) is 0 Å². The van der Waals surface area contributed by atoms with Gasteiger partial charge in [-0.2, -0.15) is 4.31 Å². The van der Waals surface area contributed by atoms with Gasteiger partial charge in [-0.05, 0) is 32.2 Å². The van der Waals surface area contributed by atoms with Gasteiger partial charge in [-0.15, -0.1) is 11.3 Å². The van der Waals surface area contributed by atoms with Crippen molar-refractivity contribution in [2.45, 2.75) is 33.4 Å². The van der Waals surface area contributed by atoms with Crippen molar-refractivity contribution < 1.29 is 13.2 Å². The summed E-state index contributed by atoms with van der Waals surface area (Å²) in [5.74, 6) is 0.888. The highest BCUT2D eigenvalue weighted by Crippen LogP contribution is 2.12. The molecule has 2 rings (SSSR count). The smallest absolute Gasteiger partial charge is 0.216 e. The molecule has 0 spiro atoms. The summed E-state index contributed by atoms with van der Waals surface area (Å²) in [6.45, 7) is 9.76. The Balaban J connectivity index is 1.89. The first kappa shape index (κ1) is 21.1. The predicted octanol–water partition coefficient (Wildman–Crippen LogP) is 1.59. The number of aliphatic imine (C=N–C) groups is 1. The van der Waals surface area contributed by atoms with Crippen LogP contribution in [0.2, 0.25) is 0 Å². The first-order chi connectivity index (χ1) is 12.4. The van der Waals surface area contributed by atoms with E-state index < -0.39 is 10.0 Å². The van der Waals surface area contributed by atoms with Gasteiger partial charge in [0.25, 0.3) is 0 Å². The molecule has 7 nitrogen and oxygen atoms in total. The van der Waals surface area contributed by atoms with Gasteiger partial charge in [0.1, 0.15) is 0 Å². The summed E-state index contributed by atoms with van der Waals surface area (Å²) in [6, 6.07) is 4.09. The molecule has 1 aromatic rings. The van der Waals surface area contributed by atoms with Gasteiger partial charge >= 0.3 is 0 Å². The van der Waals surface area contributed by atoms with Crippen LogP contribution in [0.3, 0.4) is 0 Å². The highest BCUT2D eigenvalue weighted by atomic mass is 32.2. The van der Waals surface area contributed by atoms with Gasteiger partial charge in [-0.1, -0.05) is 6.07 Å². The van der Waals surface area contributed by atoms with Gasteiger partial charge in [0, 0.05) is 37.6 Å². The fraction of sp³-hybridized carbons (Fsp3) is 0.706. The van der Waals surface area contributed by atoms with E-state index in [2.05, 4.69) is 21.3 Å². The van der Waals surface area contributed by atoms with Crippen LogP contribution in [0.4, 0.5) is 0 Å². The normalized spacial score (nSPS) is 17.1. The van der Waals surface area contributed by atoms with Crippen LogP contribution in [0, 0.1) is 0 Å². The fourth-order valence-corrected chi connectivity index (χ4v) is 4.59. The van der Waals surface area contributed by atoms with Crippen molar-refractivity contribution >= 4 is 27.3 Å². The van der Waals surface area contributed by atoms with Crippen molar-refractivity contribution in [1.29, 1.82) is 0 Å². The topological polar surface area (TPSA) is 74.2 Å². The number of rotatable bonds is 8. The van der Waals surface area contributed by atoms with E-state index in [1.165, 1.54) is 4.88 Å². The van der Waals surface area contributed by atoms with E-state index in [0.29, 0.717) is 32.7 Å². The lowest BCUT2D eigenvalue weighted by Gasteiger charge is -2.35. The summed E-state index contributed by atoms with van der Waals surface area (Å²) < 4.78 is 31.8. The maximum atomic E-state index is 12.4. The summed E-state index contributed by atoms with van der Waals surface area (Å²) in [6.07, 6.45) is 0.0456. The lowest BCUT2D eigenvalue weighted by molar-refractivity contribution is 0.0904. The molecule has 1 aliphatic heterocycles. The second kappa shape index (κ2) is 10.2. The number of thiophene rings is 1. The molecule has 0 radical (unpaired) electrons. The van der Waals surface area contributed by atoms with Crippen molar-refractivity contribution in [3.05, 3.63) is 22.4 Å². The molecule has 1 aromatic heterocycles. The van der Waals surface area contributed by atoms with Crippen molar-refractivity contribution in [2.24, 2.45) is 4.99 Å². The van der Waals surface area contributed by atoms with E-state index in [1.54, 1.807) is 15.6 Å². The summed E-state index contributed by atoms with van der Waals surface area (Å²) in [4.78, 5) is 8.04. The molecule has 1 fully saturated rings. The summed E-state index contributed by atoms with van der Waals surface area (Å²) >= 11 is 1.69. The van der Waals surface area contributed by atoms with Crippen molar-refractivity contribution in [1.82, 2.24) is 14.5 Å². The molecule has 26 heavy (non-hydrogen) atoms. The lowest BCUT2D eigenvalue weighted by atomic mass is 10.4. The lowest BCUT2D eigenvalue weighted by Crippen LogP contribution is -2.54. The van der Waals surface area contributed by atoms with Crippen LogP contribution < -0.4 is 5.32 Å². The van der Waals surface area contributed by atoms with Crippen LogP contribution in [0.1, 0.15) is 25.6 Å². The second-order valence-electron chi connectivity index (χ2n) is 6.37. The van der Waals surface area contributed by atoms with Crippen molar-refractivity contribution in [3.63, 3.8) is 0 Å². The van der Waals surface area contributed by atoms with Crippen LogP contribution in [-0.4, -0.2) is 74.8 Å². The van der Waals surface area contributed by atoms with Gasteiger partial charge < -0.3 is 15.0 Å². The zero-order chi connectivity index (χ0) is 19.0. The van der Waals surface area contributed by atoms with Gasteiger partial charge in [0.05, 0.1) is 25.0 Å². The van der Waals surface area contributed by atoms with E-state index in [1.807, 2.05) is 32.2 Å². The molecule has 1 N–H and O–H groups in total. The molecule has 0 saturated carbocycles. The third-order valence-corrected chi connectivity index (χ3v) is 6.72. The number of nitrogens with zero attached hydrogens (tertiary/aromatic N) is 3. The quantitative estimate of drug-likeness (QED) is 0.528. The van der Waals surface area contributed by atoms with E-state index >= 15 is 0 Å². The van der Waals surface area contributed by atoms with Crippen molar-refractivity contribution in [3.8, 4) is 0 Å². The number of nitrogens with one attached hydrogen (secondary N) is 1. The molecule has 9 heteroatoms. The third kappa shape index (κ3) is 6.53. The SMILES string of the molecule is CCNC(=NCc1cccs1)N1CCN(S(=O)(=O)CCOC(C)C)CC1. The molecule has 0 unspecified atom stereocenters. The van der Waals surface area contributed by atoms with Gasteiger partial charge in [-0.25, -0.2) is 13.4 Å². The third-order valence-electron chi connectivity index (χ3n) is 4.02. The minimum absolute atomic E-state index is 0.0394. The Kier molecular flexibility index (Phi) is 8.33. The molecule has 0 atom stereocenters. The minimum atomic E-state index is -3.27. The average Bonchev–Trinajstić information content (AvgIpc) is 3.12. The van der Waals surface area contributed by atoms with E-state index in [0.717, 1.165) is 12.5 Å². The zero-order valence-electron chi connectivity index (χ0n) is 15.8. The van der Waals surface area contributed by atoms with Gasteiger partial charge in [0.15, 0.2) is 5.96 Å². The Morgan fingerprint density at radius 3 is 2.65 bits per heavy atom. The van der Waals surface area contributed by atoms with Crippen molar-refractivity contribution in [2.75, 3.05) is 45.1 Å². The number of hydrogen-bond donors (Lipinski definition) is 1. The molecule has 2 heterocycles. The van der Waals surface area contributed by atoms with Crippen LogP contribution in [-0.2, 0) is 21.3 Å². The number of ether oxygens (including phenoxy) is 1. The molecular weight excluding hydrogens is 372 g/mol. The maximum absolute atomic E-state index is 12.4. The highest BCUT2D eigenvalue weighted by Gasteiger charge is 2.28. The Morgan fingerprint density at radius 2 is 2.08 bits per heavy atom. The van der Waals surface area contributed by atoms with Crippen LogP contribution in [0.5, 0.6) is 0 Å². The zero-order valence-corrected chi connectivity index (χ0v) is 17.5. The Hall–Kier alpha value is -1.16. The first-order valence-corrected chi connectivity index (χ1v) is 11.6. The molecule has 0 aliphatic carbocycles. The molecule has 0 bridgehead atoms. The van der Waals surface area contributed by atoms with E-state index in [4.69, 9.17) is 4.74 Å². The summed E-state index contributed by atoms with van der Waals surface area (Å²) in [5.41, 5.74) is 0. The molecule has 1 aliphatic rings. The maximum Gasteiger partial charge on any atom is 0.216 e. The highest BCUT2D eigenvalue weighted by molar-refractivity contribution is 7.89. The van der Waals surface area contributed by atoms with E-state index in [9.17, 15) is 8.42 Å². The molecule has 0 aromatic carbocycles. The van der Waals surface area contributed by atoms with Crippen LogP contribution >= 0.6 is 11.3 Å². The van der Waals surface area contributed by atoms with Crippen LogP contribution in [0.25, 0.3) is 0 Å². The number of guanidine groups is 1. The number of piperazine rings is 1. The van der Waals surface area contributed by atoms with Gasteiger partial charge in [0.2, 0.25) is 10.0 Å². The Bertz CT molecular complexity index is 652. The molecule has 0 amide bonds. The first-order valence-electron chi connectivity index (χ1n) is 9.07. The Morgan fingerprint density at radius 1 is 1.35 bits per heavy atom. The molecular formula is C17H30N4O3S2. The standard InChI is InChI=1S/C17H30N4O3S2/c1-4-18-17(19-14-16-6-5-12-25-16)20-7-9-21(10-8-20)26(22,23)13-11-24-15(2)3/h5-6,12,15H,4,7-11,13-14H2,1-3H3,(H,18,19). The van der Waals surface area contributed by atoms with E-state index in [-0.39, 0.29) is 18.5 Å². The Labute approximate surface area is 161 Å². The monoisotopic (exact) mass is 402 g/mol. The number of sulfonamides is 1. The fourth-order valence-electron chi connectivity index (χ4n) is 2.68. The number of hydrogen-bond acceptors (Lipinski definition) is 5. The summed E-state index contributed by atoms with van der Waals surface area (Å²) in [5, 5.41) is 5.35. The average molecular weight is 403 g/mol. The summed E-state index contributed by atoms with van der Waals surface area (Å²) in [7, 11) is -3.27. The minimum Gasteiger partial charge on any atom is -0.378 e.